The third-order valence-corrected chi connectivity index (χ3v) is 1.15. The predicted molar refractivity (Wildman–Crippen MR) is 36.0 cm³/mol. The number of carbonyl (C=O) groups is 1. The lowest BCUT2D eigenvalue weighted by Crippen LogP contribution is -2.33. The second kappa shape index (κ2) is 3.72. The molecule has 0 rings (SSSR count). The summed E-state index contributed by atoms with van der Waals surface area (Å²) in [6, 6.07) is -0.385. The molecule has 0 radical (unpaired) electrons. The van der Waals surface area contributed by atoms with E-state index in [4.69, 9.17) is 5.73 Å². The number of primary amides is 1. The van der Waals surface area contributed by atoms with Crippen LogP contribution in [0.4, 0.5) is 4.79 Å². The van der Waals surface area contributed by atoms with Crippen molar-refractivity contribution in [2.24, 2.45) is 5.73 Å². The van der Waals surface area contributed by atoms with Gasteiger partial charge in [-0.3, -0.25) is 0 Å². The Bertz CT molecular complexity index is 86.1. The van der Waals surface area contributed by atoms with Crippen LogP contribution in [0.2, 0.25) is 0 Å². The van der Waals surface area contributed by atoms with Crippen LogP contribution in [-0.4, -0.2) is 29.9 Å². The summed E-state index contributed by atoms with van der Waals surface area (Å²) in [7, 11) is 1.66. The number of hydrogen-bond donors (Lipinski definition) is 1. The molecule has 0 saturated carbocycles. The summed E-state index contributed by atoms with van der Waals surface area (Å²) >= 11 is 3.17. The van der Waals surface area contributed by atoms with Crippen LogP contribution in [-0.2, 0) is 0 Å². The number of urea groups is 1. The molecule has 0 saturated heterocycles. The van der Waals surface area contributed by atoms with Crippen molar-refractivity contribution in [2.75, 3.05) is 18.9 Å². The highest BCUT2D eigenvalue weighted by Gasteiger charge is 1.98. The molecule has 0 fully saturated rings. The van der Waals surface area contributed by atoms with E-state index in [1.165, 1.54) is 4.90 Å². The number of carbonyl (C=O) groups excluding carboxylic acids is 1. The van der Waals surface area contributed by atoms with Crippen molar-refractivity contribution in [1.82, 2.24) is 4.90 Å². The number of alkyl halides is 1. The fourth-order valence-electron chi connectivity index (χ4n) is 0.237. The molecule has 0 aromatic rings. The number of hydrogen-bond acceptors (Lipinski definition) is 1. The monoisotopic (exact) mass is 180 g/mol. The van der Waals surface area contributed by atoms with Crippen molar-refractivity contribution in [3.8, 4) is 0 Å². The van der Waals surface area contributed by atoms with Crippen molar-refractivity contribution in [1.29, 1.82) is 0 Å². The first-order valence-electron chi connectivity index (χ1n) is 2.25. The van der Waals surface area contributed by atoms with E-state index >= 15 is 0 Å². The number of nitrogens with zero attached hydrogens (tertiary/aromatic N) is 1. The van der Waals surface area contributed by atoms with Gasteiger partial charge in [0, 0.05) is 18.9 Å². The molecule has 2 amide bonds. The minimum atomic E-state index is -0.385. The number of halogens is 1. The van der Waals surface area contributed by atoms with Gasteiger partial charge in [0.15, 0.2) is 0 Å². The maximum Gasteiger partial charge on any atom is 0.314 e. The van der Waals surface area contributed by atoms with E-state index in [2.05, 4.69) is 15.9 Å². The minimum absolute atomic E-state index is 0.385. The van der Waals surface area contributed by atoms with Gasteiger partial charge in [-0.05, 0) is 0 Å². The van der Waals surface area contributed by atoms with Gasteiger partial charge in [-0.15, -0.1) is 0 Å². The average molecular weight is 181 g/mol. The Kier molecular flexibility index (Phi) is 3.60. The van der Waals surface area contributed by atoms with Gasteiger partial charge < -0.3 is 10.6 Å². The zero-order valence-electron chi connectivity index (χ0n) is 4.72. The number of nitrogens with two attached hydrogens (primary N) is 1. The van der Waals surface area contributed by atoms with E-state index < -0.39 is 0 Å². The molecule has 0 heterocycles. The molecule has 3 nitrogen and oxygen atoms in total. The topological polar surface area (TPSA) is 46.3 Å². The molecule has 0 spiro atoms. The Morgan fingerprint density at radius 3 is 2.50 bits per heavy atom. The van der Waals surface area contributed by atoms with E-state index in [0.717, 1.165) is 5.33 Å². The zero-order chi connectivity index (χ0) is 6.57. The van der Waals surface area contributed by atoms with Gasteiger partial charge >= 0.3 is 6.03 Å². The Morgan fingerprint density at radius 1 is 1.88 bits per heavy atom. The third-order valence-electron chi connectivity index (χ3n) is 0.796. The average Bonchev–Trinajstić information content (AvgIpc) is 1.67. The van der Waals surface area contributed by atoms with Gasteiger partial charge in [0.05, 0.1) is 0 Å². The van der Waals surface area contributed by atoms with Crippen LogP contribution in [0, 0.1) is 0 Å². The lowest BCUT2D eigenvalue weighted by Gasteiger charge is -2.10. The molecule has 0 aromatic heterocycles. The predicted octanol–water partition coefficient (Wildman–Crippen LogP) is 0.392. The minimum Gasteiger partial charge on any atom is -0.351 e. The van der Waals surface area contributed by atoms with Crippen LogP contribution < -0.4 is 5.73 Å². The number of rotatable bonds is 2. The zero-order valence-corrected chi connectivity index (χ0v) is 6.31. The molecule has 8 heavy (non-hydrogen) atoms. The second-order valence-corrected chi connectivity index (χ2v) is 2.24. The first-order chi connectivity index (χ1) is 3.68. The van der Waals surface area contributed by atoms with Gasteiger partial charge in [0.2, 0.25) is 0 Å². The molecular weight excluding hydrogens is 172 g/mol. The van der Waals surface area contributed by atoms with Gasteiger partial charge in [-0.1, -0.05) is 15.9 Å². The Labute approximate surface area is 57.0 Å². The molecular formula is C4H9BrN2O. The molecule has 0 aromatic carbocycles. The lowest BCUT2D eigenvalue weighted by molar-refractivity contribution is 0.221. The molecule has 48 valence electrons. The summed E-state index contributed by atoms with van der Waals surface area (Å²) in [6.45, 7) is 0.662. The van der Waals surface area contributed by atoms with Crippen LogP contribution in [0.5, 0.6) is 0 Å². The summed E-state index contributed by atoms with van der Waals surface area (Å²) in [5.74, 6) is 0. The molecule has 0 aliphatic heterocycles. The van der Waals surface area contributed by atoms with Crippen molar-refractivity contribution in [2.45, 2.75) is 0 Å². The Morgan fingerprint density at radius 2 is 2.38 bits per heavy atom. The summed E-state index contributed by atoms with van der Waals surface area (Å²) in [5.41, 5.74) is 4.89. The Hall–Kier alpha value is -0.250. The van der Waals surface area contributed by atoms with E-state index in [1.807, 2.05) is 0 Å². The number of amides is 2. The summed E-state index contributed by atoms with van der Waals surface area (Å²) in [6.07, 6.45) is 0. The van der Waals surface area contributed by atoms with Gasteiger partial charge in [0.25, 0.3) is 0 Å². The third kappa shape index (κ3) is 2.85. The van der Waals surface area contributed by atoms with E-state index in [0.29, 0.717) is 6.54 Å². The highest BCUT2D eigenvalue weighted by atomic mass is 79.9. The highest BCUT2D eigenvalue weighted by Crippen LogP contribution is 1.84. The largest absolute Gasteiger partial charge is 0.351 e. The fourth-order valence-corrected chi connectivity index (χ4v) is 0.769. The molecule has 0 aliphatic rings. The highest BCUT2D eigenvalue weighted by molar-refractivity contribution is 9.09. The molecule has 0 aliphatic carbocycles. The van der Waals surface area contributed by atoms with Gasteiger partial charge in [-0.2, -0.15) is 0 Å². The van der Waals surface area contributed by atoms with Gasteiger partial charge in [-0.25, -0.2) is 4.79 Å². The molecule has 4 heteroatoms. The fraction of sp³-hybridized carbons (Fsp3) is 0.750. The SMILES string of the molecule is CN(CCBr)C(N)=O. The molecule has 0 bridgehead atoms. The van der Waals surface area contributed by atoms with Crippen LogP contribution in [0.1, 0.15) is 0 Å². The van der Waals surface area contributed by atoms with Crippen molar-refractivity contribution < 1.29 is 4.79 Å². The van der Waals surface area contributed by atoms with E-state index in [9.17, 15) is 4.79 Å². The molecule has 0 unspecified atom stereocenters. The summed E-state index contributed by atoms with van der Waals surface area (Å²) in [4.78, 5) is 11.7. The maximum atomic E-state index is 10.2. The van der Waals surface area contributed by atoms with E-state index in [1.54, 1.807) is 7.05 Å². The van der Waals surface area contributed by atoms with Crippen LogP contribution in [0.25, 0.3) is 0 Å². The normalized spacial score (nSPS) is 8.75. The lowest BCUT2D eigenvalue weighted by atomic mass is 10.6. The van der Waals surface area contributed by atoms with Crippen LogP contribution in [0.15, 0.2) is 0 Å². The van der Waals surface area contributed by atoms with Crippen molar-refractivity contribution in [3.63, 3.8) is 0 Å². The molecule has 2 N–H and O–H groups in total. The van der Waals surface area contributed by atoms with Crippen LogP contribution >= 0.6 is 15.9 Å². The summed E-state index contributed by atoms with van der Waals surface area (Å²) < 4.78 is 0. The maximum absolute atomic E-state index is 10.2. The first kappa shape index (κ1) is 7.75. The van der Waals surface area contributed by atoms with Crippen molar-refractivity contribution >= 4 is 22.0 Å². The van der Waals surface area contributed by atoms with Crippen molar-refractivity contribution in [3.05, 3.63) is 0 Å². The van der Waals surface area contributed by atoms with Crippen LogP contribution in [0.3, 0.4) is 0 Å². The standard InChI is InChI=1S/C4H9BrN2O/c1-7(3-2-5)4(6)8/h2-3H2,1H3,(H2,6,8). The van der Waals surface area contributed by atoms with Gasteiger partial charge in [0.1, 0.15) is 0 Å². The Balaban J connectivity index is 3.32. The quantitative estimate of drug-likeness (QED) is 0.615. The first-order valence-corrected chi connectivity index (χ1v) is 3.37. The smallest absolute Gasteiger partial charge is 0.314 e. The summed E-state index contributed by atoms with van der Waals surface area (Å²) in [5, 5.41) is 0.770. The van der Waals surface area contributed by atoms with E-state index in [-0.39, 0.29) is 6.03 Å². The second-order valence-electron chi connectivity index (χ2n) is 1.45. The molecule has 0 atom stereocenters.